The smallest absolute Gasteiger partial charge is 0.273 e. The molecular weight excluding hydrogens is 328 g/mol. The van der Waals surface area contributed by atoms with Crippen molar-refractivity contribution in [2.45, 2.75) is 26.2 Å². The van der Waals surface area contributed by atoms with E-state index in [1.807, 2.05) is 20.8 Å². The number of anilines is 1. The molecule has 1 aromatic carbocycles. The Morgan fingerprint density at radius 1 is 1.31 bits per heavy atom. The van der Waals surface area contributed by atoms with Crippen LogP contribution in [0.3, 0.4) is 0 Å². The molecule has 2 amide bonds. The van der Waals surface area contributed by atoms with Crippen molar-refractivity contribution in [3.05, 3.63) is 47.3 Å². The van der Waals surface area contributed by atoms with Gasteiger partial charge in [-0.15, -0.1) is 6.42 Å². The van der Waals surface area contributed by atoms with Gasteiger partial charge < -0.3 is 10.2 Å². The van der Waals surface area contributed by atoms with Crippen molar-refractivity contribution in [3.63, 3.8) is 0 Å². The van der Waals surface area contributed by atoms with Gasteiger partial charge in [-0.05, 0) is 24.3 Å². The van der Waals surface area contributed by atoms with Crippen molar-refractivity contribution in [2.75, 3.05) is 18.9 Å². The number of hydrogen-bond donors (Lipinski definition) is 1. The van der Waals surface area contributed by atoms with Gasteiger partial charge in [-0.2, -0.15) is 5.10 Å². The first-order chi connectivity index (χ1) is 12.1. The molecule has 6 heteroatoms. The topological polar surface area (TPSA) is 67.2 Å². The van der Waals surface area contributed by atoms with E-state index in [-0.39, 0.29) is 23.8 Å². The summed E-state index contributed by atoms with van der Waals surface area (Å²) in [5.41, 5.74) is 2.14. The Morgan fingerprint density at radius 2 is 2.00 bits per heavy atom. The molecule has 0 radical (unpaired) electrons. The molecule has 0 saturated carbocycles. The molecule has 0 aliphatic rings. The minimum atomic E-state index is -0.280. The van der Waals surface area contributed by atoms with Crippen LogP contribution >= 0.6 is 0 Å². The zero-order valence-electron chi connectivity index (χ0n) is 15.8. The number of carbonyl (C=O) groups is 2. The fourth-order valence-electron chi connectivity index (χ4n) is 2.40. The Morgan fingerprint density at radius 3 is 2.58 bits per heavy atom. The highest BCUT2D eigenvalue weighted by molar-refractivity contribution is 6.04. The number of benzene rings is 1. The standard InChI is InChI=1S/C20H24N4O2/c1-7-11-23(5)19(26)14-9-8-10-15(12-14)21-18(25)16-13-17(20(2,3)4)22-24(16)6/h1,8-10,12-13H,11H2,2-6H3,(H,21,25). The number of nitrogens with zero attached hydrogens (tertiary/aromatic N) is 3. The van der Waals surface area contributed by atoms with Gasteiger partial charge in [-0.1, -0.05) is 32.8 Å². The van der Waals surface area contributed by atoms with Crippen LogP contribution in [0, 0.1) is 12.3 Å². The Labute approximate surface area is 154 Å². The molecule has 2 aromatic rings. The molecule has 26 heavy (non-hydrogen) atoms. The third kappa shape index (κ3) is 4.31. The van der Waals surface area contributed by atoms with E-state index in [9.17, 15) is 9.59 Å². The molecule has 0 aliphatic carbocycles. The molecule has 0 unspecified atom stereocenters. The van der Waals surface area contributed by atoms with Crippen molar-refractivity contribution >= 4 is 17.5 Å². The summed E-state index contributed by atoms with van der Waals surface area (Å²) < 4.78 is 1.56. The summed E-state index contributed by atoms with van der Waals surface area (Å²) in [5.74, 6) is 1.95. The van der Waals surface area contributed by atoms with E-state index in [2.05, 4.69) is 16.3 Å². The molecule has 1 heterocycles. The average Bonchev–Trinajstić information content (AvgIpc) is 2.97. The lowest BCUT2D eigenvalue weighted by molar-refractivity contribution is 0.0812. The molecule has 0 saturated heterocycles. The van der Waals surface area contributed by atoms with E-state index >= 15 is 0 Å². The molecule has 0 bridgehead atoms. The number of aromatic nitrogens is 2. The second-order valence-corrected chi connectivity index (χ2v) is 7.19. The van der Waals surface area contributed by atoms with Gasteiger partial charge in [0.25, 0.3) is 11.8 Å². The lowest BCUT2D eigenvalue weighted by atomic mass is 9.92. The molecule has 0 aliphatic heterocycles. The zero-order chi connectivity index (χ0) is 19.5. The molecular formula is C20H24N4O2. The highest BCUT2D eigenvalue weighted by atomic mass is 16.2. The van der Waals surface area contributed by atoms with Gasteiger partial charge in [0.15, 0.2) is 0 Å². The fourth-order valence-corrected chi connectivity index (χ4v) is 2.40. The van der Waals surface area contributed by atoms with E-state index < -0.39 is 0 Å². The zero-order valence-corrected chi connectivity index (χ0v) is 15.8. The summed E-state index contributed by atoms with van der Waals surface area (Å²) in [4.78, 5) is 26.4. The maximum absolute atomic E-state index is 12.6. The first-order valence-electron chi connectivity index (χ1n) is 8.28. The molecule has 1 N–H and O–H groups in total. The quantitative estimate of drug-likeness (QED) is 0.860. The predicted octanol–water partition coefficient (Wildman–Crippen LogP) is 2.68. The number of carbonyl (C=O) groups excluding carboxylic acids is 2. The van der Waals surface area contributed by atoms with Gasteiger partial charge in [-0.3, -0.25) is 14.3 Å². The fraction of sp³-hybridized carbons (Fsp3) is 0.350. The normalized spacial score (nSPS) is 10.9. The number of aryl methyl sites for hydroxylation is 1. The Bertz CT molecular complexity index is 869. The van der Waals surface area contributed by atoms with Crippen LogP contribution in [0.1, 0.15) is 47.3 Å². The lowest BCUT2D eigenvalue weighted by Gasteiger charge is -2.14. The van der Waals surface area contributed by atoms with Crippen molar-refractivity contribution < 1.29 is 9.59 Å². The minimum absolute atomic E-state index is 0.149. The predicted molar refractivity (Wildman–Crippen MR) is 102 cm³/mol. The lowest BCUT2D eigenvalue weighted by Crippen LogP contribution is -2.27. The number of terminal acetylenes is 1. The average molecular weight is 352 g/mol. The van der Waals surface area contributed by atoms with Crippen LogP contribution in [-0.4, -0.2) is 40.1 Å². The second-order valence-electron chi connectivity index (χ2n) is 7.19. The molecule has 136 valence electrons. The van der Waals surface area contributed by atoms with Crippen molar-refractivity contribution in [1.29, 1.82) is 0 Å². The number of hydrogen-bond acceptors (Lipinski definition) is 3. The van der Waals surface area contributed by atoms with Gasteiger partial charge in [0.2, 0.25) is 0 Å². The van der Waals surface area contributed by atoms with Crippen molar-refractivity contribution in [2.24, 2.45) is 7.05 Å². The third-order valence-corrected chi connectivity index (χ3v) is 3.92. The molecule has 6 nitrogen and oxygen atoms in total. The monoisotopic (exact) mass is 352 g/mol. The largest absolute Gasteiger partial charge is 0.331 e. The third-order valence-electron chi connectivity index (χ3n) is 3.92. The van der Waals surface area contributed by atoms with E-state index in [1.165, 1.54) is 4.90 Å². The summed E-state index contributed by atoms with van der Waals surface area (Å²) in [6.45, 7) is 6.34. The number of amides is 2. The van der Waals surface area contributed by atoms with Crippen molar-refractivity contribution in [3.8, 4) is 12.3 Å². The molecule has 0 spiro atoms. The molecule has 0 atom stereocenters. The van der Waals surface area contributed by atoms with Gasteiger partial charge >= 0.3 is 0 Å². The summed E-state index contributed by atoms with van der Waals surface area (Å²) >= 11 is 0. The summed E-state index contributed by atoms with van der Waals surface area (Å²) in [6.07, 6.45) is 5.24. The Kier molecular flexibility index (Phi) is 5.51. The van der Waals surface area contributed by atoms with Crippen LogP contribution in [0.15, 0.2) is 30.3 Å². The summed E-state index contributed by atoms with van der Waals surface area (Å²) in [5, 5.41) is 7.23. The minimum Gasteiger partial charge on any atom is -0.331 e. The van der Waals surface area contributed by atoms with E-state index in [0.717, 1.165) is 5.69 Å². The first kappa shape index (κ1) is 19.3. The number of nitrogens with one attached hydrogen (secondary N) is 1. The van der Waals surface area contributed by atoms with Gasteiger partial charge in [-0.25, -0.2) is 0 Å². The van der Waals surface area contributed by atoms with Crippen LogP contribution in [0.25, 0.3) is 0 Å². The van der Waals surface area contributed by atoms with Crippen LogP contribution in [0.4, 0.5) is 5.69 Å². The summed E-state index contributed by atoms with van der Waals surface area (Å²) in [7, 11) is 3.37. The van der Waals surface area contributed by atoms with Crippen LogP contribution < -0.4 is 5.32 Å². The van der Waals surface area contributed by atoms with Crippen LogP contribution in [0.2, 0.25) is 0 Å². The molecule has 0 fully saturated rings. The van der Waals surface area contributed by atoms with Gasteiger partial charge in [0.1, 0.15) is 5.69 Å². The van der Waals surface area contributed by atoms with Gasteiger partial charge in [0, 0.05) is 30.8 Å². The first-order valence-corrected chi connectivity index (χ1v) is 8.28. The maximum Gasteiger partial charge on any atom is 0.273 e. The van der Waals surface area contributed by atoms with Crippen LogP contribution in [0.5, 0.6) is 0 Å². The molecule has 2 rings (SSSR count). The highest BCUT2D eigenvalue weighted by Crippen LogP contribution is 2.22. The van der Waals surface area contributed by atoms with Crippen LogP contribution in [-0.2, 0) is 12.5 Å². The van der Waals surface area contributed by atoms with E-state index in [4.69, 9.17) is 6.42 Å². The van der Waals surface area contributed by atoms with Crippen molar-refractivity contribution in [1.82, 2.24) is 14.7 Å². The second kappa shape index (κ2) is 7.44. The Balaban J connectivity index is 2.20. The molecule has 1 aromatic heterocycles. The SMILES string of the molecule is C#CCN(C)C(=O)c1cccc(NC(=O)c2cc(C(C)(C)C)nn2C)c1. The highest BCUT2D eigenvalue weighted by Gasteiger charge is 2.22. The van der Waals surface area contributed by atoms with Gasteiger partial charge in [0.05, 0.1) is 12.2 Å². The van der Waals surface area contributed by atoms with E-state index in [0.29, 0.717) is 16.9 Å². The number of rotatable bonds is 4. The summed E-state index contributed by atoms with van der Waals surface area (Å²) in [6, 6.07) is 8.55. The maximum atomic E-state index is 12.6. The van der Waals surface area contributed by atoms with E-state index in [1.54, 1.807) is 49.1 Å². The Hall–Kier alpha value is -3.07.